The third-order valence-corrected chi connectivity index (χ3v) is 7.09. The molecule has 186 valence electrons. The maximum absolute atomic E-state index is 5.41. The van der Waals surface area contributed by atoms with E-state index in [0.29, 0.717) is 11.5 Å². The van der Waals surface area contributed by atoms with Crippen molar-refractivity contribution in [2.24, 2.45) is 27.7 Å². The molecule has 0 spiro atoms. The molecular weight excluding hydrogens is 398 g/mol. The second kappa shape index (κ2) is 11.6. The highest BCUT2D eigenvalue weighted by atomic mass is 16.9. The van der Waals surface area contributed by atoms with Crippen molar-refractivity contribution in [1.29, 1.82) is 0 Å². The lowest BCUT2D eigenvalue weighted by Gasteiger charge is -2.50. The summed E-state index contributed by atoms with van der Waals surface area (Å²) >= 11 is 0. The monoisotopic (exact) mass is 449 g/mol. The van der Waals surface area contributed by atoms with E-state index in [1.807, 2.05) is 6.92 Å². The first-order valence-corrected chi connectivity index (χ1v) is 13.0. The van der Waals surface area contributed by atoms with Crippen LogP contribution in [-0.2, 0) is 14.2 Å². The first-order valence-electron chi connectivity index (χ1n) is 13.0. The quantitative estimate of drug-likeness (QED) is 0.297. The molecule has 0 aromatic rings. The molecule has 3 heterocycles. The molecule has 3 saturated heterocycles. The van der Waals surface area contributed by atoms with Gasteiger partial charge in [-0.3, -0.25) is 4.99 Å². The summed E-state index contributed by atoms with van der Waals surface area (Å²) in [5.41, 5.74) is 3.42. The Kier molecular flexibility index (Phi) is 10.00. The van der Waals surface area contributed by atoms with E-state index in [-0.39, 0.29) is 5.41 Å². The molecule has 2 atom stereocenters. The molecule has 2 unspecified atom stereocenters. The first-order chi connectivity index (χ1) is 14.9. The fourth-order valence-electron chi connectivity index (χ4n) is 5.39. The molecule has 0 aromatic heterocycles. The Bertz CT molecular complexity index is 627. The highest BCUT2D eigenvalue weighted by Gasteiger charge is 2.48. The highest BCUT2D eigenvalue weighted by Crippen LogP contribution is 2.41. The molecular formula is C28H51NO3. The standard InChI is InChI=1S/C20H37N.C8H14O3/c1-15(2)11-17(5)13-20(7)10-8-9-19(14-20)21-18(6)12-16(3)4;1-3-8-4-9-7(2,10-5-8)11-6-8/h13,15-16,19H,8-12,14H2,1-7H3;3-6H2,1-2H3/b17-13+,21-18?;. The van der Waals surface area contributed by atoms with Crippen LogP contribution in [0.4, 0.5) is 0 Å². The minimum Gasteiger partial charge on any atom is -0.327 e. The lowest BCUT2D eigenvalue weighted by Crippen LogP contribution is -2.58. The van der Waals surface area contributed by atoms with Gasteiger partial charge in [-0.25, -0.2) is 0 Å². The van der Waals surface area contributed by atoms with Crippen LogP contribution in [0.5, 0.6) is 0 Å². The van der Waals surface area contributed by atoms with Crippen LogP contribution in [0, 0.1) is 22.7 Å². The van der Waals surface area contributed by atoms with Crippen molar-refractivity contribution >= 4 is 5.71 Å². The van der Waals surface area contributed by atoms with E-state index in [9.17, 15) is 0 Å². The molecule has 4 nitrogen and oxygen atoms in total. The Morgan fingerprint density at radius 3 is 2.03 bits per heavy atom. The molecule has 4 heteroatoms. The van der Waals surface area contributed by atoms with E-state index in [4.69, 9.17) is 19.2 Å². The largest absolute Gasteiger partial charge is 0.327 e. The van der Waals surface area contributed by atoms with Crippen molar-refractivity contribution in [2.75, 3.05) is 19.8 Å². The molecule has 3 aliphatic heterocycles. The Morgan fingerprint density at radius 2 is 1.53 bits per heavy atom. The minimum atomic E-state index is -0.739. The van der Waals surface area contributed by atoms with Crippen LogP contribution in [0.3, 0.4) is 0 Å². The summed E-state index contributed by atoms with van der Waals surface area (Å²) < 4.78 is 16.2. The van der Waals surface area contributed by atoms with Crippen LogP contribution in [0.25, 0.3) is 0 Å². The van der Waals surface area contributed by atoms with Crippen molar-refractivity contribution in [3.05, 3.63) is 11.6 Å². The zero-order valence-electron chi connectivity index (χ0n) is 22.6. The van der Waals surface area contributed by atoms with Crippen molar-refractivity contribution in [3.63, 3.8) is 0 Å². The van der Waals surface area contributed by atoms with Gasteiger partial charge >= 0.3 is 0 Å². The average Bonchev–Trinajstić information content (AvgIpc) is 2.67. The average molecular weight is 450 g/mol. The van der Waals surface area contributed by atoms with E-state index in [1.54, 1.807) is 5.57 Å². The number of aliphatic imine (C=N–C) groups is 1. The summed E-state index contributed by atoms with van der Waals surface area (Å²) in [6.07, 6.45) is 11.2. The molecule has 2 bridgehead atoms. The SMILES string of the molecule is CC(CC(C)C)=NC1CCCC(C)(/C=C(\C)CC(C)C)C1.CCC12COC(C)(OC1)OC2. The Morgan fingerprint density at radius 1 is 0.969 bits per heavy atom. The summed E-state index contributed by atoms with van der Waals surface area (Å²) in [5.74, 6) is 0.740. The lowest BCUT2D eigenvalue weighted by molar-refractivity contribution is -0.459. The van der Waals surface area contributed by atoms with Gasteiger partial charge in [0.25, 0.3) is 5.97 Å². The van der Waals surface area contributed by atoms with Gasteiger partial charge in [-0.15, -0.1) is 0 Å². The van der Waals surface area contributed by atoms with Gasteiger partial charge in [0.15, 0.2) is 0 Å². The van der Waals surface area contributed by atoms with E-state index in [1.165, 1.54) is 37.8 Å². The predicted molar refractivity (Wildman–Crippen MR) is 135 cm³/mol. The van der Waals surface area contributed by atoms with Crippen LogP contribution in [0.1, 0.15) is 107 Å². The lowest BCUT2D eigenvalue weighted by atomic mass is 9.72. The first kappa shape index (κ1) is 27.5. The Hall–Kier alpha value is -0.710. The van der Waals surface area contributed by atoms with Gasteiger partial charge < -0.3 is 14.2 Å². The zero-order valence-corrected chi connectivity index (χ0v) is 22.6. The molecule has 0 radical (unpaired) electrons. The number of ether oxygens (including phenoxy) is 3. The fourth-order valence-corrected chi connectivity index (χ4v) is 5.39. The summed E-state index contributed by atoms with van der Waals surface area (Å²) in [6.45, 7) is 22.4. The second-order valence-corrected chi connectivity index (χ2v) is 12.0. The molecule has 4 rings (SSSR count). The van der Waals surface area contributed by atoms with Crippen molar-refractivity contribution < 1.29 is 14.2 Å². The molecule has 4 fully saturated rings. The molecule has 0 amide bonds. The number of hydrogen-bond acceptors (Lipinski definition) is 4. The third kappa shape index (κ3) is 8.57. The van der Waals surface area contributed by atoms with Gasteiger partial charge in [0.05, 0.1) is 25.9 Å². The molecule has 1 aliphatic carbocycles. The third-order valence-electron chi connectivity index (χ3n) is 7.09. The van der Waals surface area contributed by atoms with Gasteiger partial charge in [0, 0.05) is 18.1 Å². The van der Waals surface area contributed by atoms with Crippen molar-refractivity contribution in [2.45, 2.75) is 119 Å². The zero-order chi connectivity index (χ0) is 24.0. The summed E-state index contributed by atoms with van der Waals surface area (Å²) in [5, 5.41) is 0. The van der Waals surface area contributed by atoms with Crippen molar-refractivity contribution in [1.82, 2.24) is 0 Å². The smallest absolute Gasteiger partial charge is 0.279 e. The van der Waals surface area contributed by atoms with Crippen LogP contribution in [0.2, 0.25) is 0 Å². The molecule has 0 aromatic carbocycles. The second-order valence-electron chi connectivity index (χ2n) is 12.0. The van der Waals surface area contributed by atoms with E-state index in [2.05, 4.69) is 61.5 Å². The fraction of sp³-hybridized carbons (Fsp3) is 0.893. The van der Waals surface area contributed by atoms with E-state index in [0.717, 1.165) is 44.5 Å². The summed E-state index contributed by atoms with van der Waals surface area (Å²) in [6, 6.07) is 0.547. The normalized spacial score (nSPS) is 35.8. The topological polar surface area (TPSA) is 40.0 Å². The molecule has 4 aliphatic rings. The molecule has 32 heavy (non-hydrogen) atoms. The van der Waals surface area contributed by atoms with Crippen molar-refractivity contribution in [3.8, 4) is 0 Å². The minimum absolute atomic E-state index is 0.137. The summed E-state index contributed by atoms with van der Waals surface area (Å²) in [7, 11) is 0. The van der Waals surface area contributed by atoms with Gasteiger partial charge in [-0.05, 0) is 69.6 Å². The number of nitrogens with zero attached hydrogens (tertiary/aromatic N) is 1. The maximum Gasteiger partial charge on any atom is 0.279 e. The number of hydrogen-bond donors (Lipinski definition) is 0. The number of rotatable bonds is 7. The van der Waals surface area contributed by atoms with Gasteiger partial charge in [0.2, 0.25) is 0 Å². The molecule has 0 N–H and O–H groups in total. The van der Waals surface area contributed by atoms with Crippen LogP contribution in [-0.4, -0.2) is 37.5 Å². The Balaban J connectivity index is 0.000000273. The van der Waals surface area contributed by atoms with E-state index < -0.39 is 5.97 Å². The predicted octanol–water partition coefficient (Wildman–Crippen LogP) is 7.57. The van der Waals surface area contributed by atoms with E-state index >= 15 is 0 Å². The van der Waals surface area contributed by atoms with Crippen LogP contribution in [0.15, 0.2) is 16.6 Å². The number of allylic oxidation sites excluding steroid dienone is 2. The summed E-state index contributed by atoms with van der Waals surface area (Å²) in [4.78, 5) is 5.03. The van der Waals surface area contributed by atoms with Crippen LogP contribution >= 0.6 is 0 Å². The maximum atomic E-state index is 5.41. The molecule has 1 saturated carbocycles. The van der Waals surface area contributed by atoms with Crippen LogP contribution < -0.4 is 0 Å². The van der Waals surface area contributed by atoms with Gasteiger partial charge in [-0.1, -0.05) is 59.6 Å². The van der Waals surface area contributed by atoms with Gasteiger partial charge in [0.1, 0.15) is 0 Å². The number of fused-ring (bicyclic) bond motifs is 3. The Labute approximate surface area is 198 Å². The highest BCUT2D eigenvalue weighted by molar-refractivity contribution is 5.82. The van der Waals surface area contributed by atoms with Gasteiger partial charge in [-0.2, -0.15) is 0 Å².